The van der Waals surface area contributed by atoms with Gasteiger partial charge in [-0.3, -0.25) is 0 Å². The first-order chi connectivity index (χ1) is 13.1. The molecule has 27 heavy (non-hydrogen) atoms. The average Bonchev–Trinajstić information content (AvgIpc) is 2.69. The van der Waals surface area contributed by atoms with Gasteiger partial charge in [-0.15, -0.1) is 0 Å². The Hall–Kier alpha value is -2.45. The number of carbonyl (C=O) groups is 1. The SMILES string of the molecule is O=C(O)N1CCC(=Cc2ccc3nc(Cl)nc(N4CCOCC4)c3n2)CC1. The molecule has 0 saturated carbocycles. The van der Waals surface area contributed by atoms with Gasteiger partial charge >= 0.3 is 6.09 Å². The van der Waals surface area contributed by atoms with Crippen molar-refractivity contribution in [3.63, 3.8) is 0 Å². The molecule has 1 amide bonds. The Labute approximate surface area is 161 Å². The van der Waals surface area contributed by atoms with Crippen LogP contribution in [0.3, 0.4) is 0 Å². The molecule has 2 aliphatic heterocycles. The fraction of sp³-hybridized carbons (Fsp3) is 0.444. The van der Waals surface area contributed by atoms with Gasteiger partial charge in [0.05, 0.1) is 24.4 Å². The zero-order chi connectivity index (χ0) is 18.8. The van der Waals surface area contributed by atoms with Crippen molar-refractivity contribution in [3.8, 4) is 0 Å². The van der Waals surface area contributed by atoms with E-state index in [9.17, 15) is 4.79 Å². The van der Waals surface area contributed by atoms with Crippen molar-refractivity contribution in [2.75, 3.05) is 44.3 Å². The maximum atomic E-state index is 11.0. The normalized spacial score (nSPS) is 18.0. The van der Waals surface area contributed by atoms with E-state index in [2.05, 4.69) is 14.9 Å². The first-order valence-corrected chi connectivity index (χ1v) is 9.32. The molecule has 2 aromatic heterocycles. The minimum absolute atomic E-state index is 0.206. The molecule has 142 valence electrons. The number of rotatable bonds is 2. The Morgan fingerprint density at radius 2 is 1.85 bits per heavy atom. The van der Waals surface area contributed by atoms with Crippen molar-refractivity contribution in [3.05, 3.63) is 28.7 Å². The second-order valence-electron chi connectivity index (χ2n) is 6.59. The van der Waals surface area contributed by atoms with Gasteiger partial charge in [0.25, 0.3) is 0 Å². The van der Waals surface area contributed by atoms with Crippen LogP contribution in [0.5, 0.6) is 0 Å². The summed E-state index contributed by atoms with van der Waals surface area (Å²) < 4.78 is 5.42. The number of fused-ring (bicyclic) bond motifs is 1. The number of halogens is 1. The highest BCUT2D eigenvalue weighted by atomic mass is 35.5. The lowest BCUT2D eigenvalue weighted by molar-refractivity contribution is 0.122. The van der Waals surface area contributed by atoms with Crippen molar-refractivity contribution in [1.29, 1.82) is 0 Å². The molecule has 1 N–H and O–H groups in total. The van der Waals surface area contributed by atoms with E-state index in [0.29, 0.717) is 31.8 Å². The molecule has 0 atom stereocenters. The summed E-state index contributed by atoms with van der Waals surface area (Å²) in [6, 6.07) is 3.81. The lowest BCUT2D eigenvalue weighted by atomic mass is 10.0. The predicted molar refractivity (Wildman–Crippen MR) is 102 cm³/mol. The zero-order valence-corrected chi connectivity index (χ0v) is 15.5. The summed E-state index contributed by atoms with van der Waals surface area (Å²) in [6.07, 6.45) is 2.62. The van der Waals surface area contributed by atoms with Crippen LogP contribution in [0.4, 0.5) is 10.6 Å². The number of anilines is 1. The van der Waals surface area contributed by atoms with Gasteiger partial charge in [-0.2, -0.15) is 4.98 Å². The molecule has 4 rings (SSSR count). The number of ether oxygens (including phenoxy) is 1. The van der Waals surface area contributed by atoms with Gasteiger partial charge in [-0.05, 0) is 42.7 Å². The molecular formula is C18H20ClN5O3. The lowest BCUT2D eigenvalue weighted by Crippen LogP contribution is -2.37. The molecule has 4 heterocycles. The van der Waals surface area contributed by atoms with Crippen molar-refractivity contribution in [1.82, 2.24) is 19.9 Å². The van der Waals surface area contributed by atoms with Gasteiger partial charge in [0.1, 0.15) is 5.52 Å². The van der Waals surface area contributed by atoms with Crippen molar-refractivity contribution in [2.24, 2.45) is 0 Å². The number of likely N-dealkylation sites (tertiary alicyclic amines) is 1. The van der Waals surface area contributed by atoms with Gasteiger partial charge < -0.3 is 19.6 Å². The maximum absolute atomic E-state index is 11.0. The van der Waals surface area contributed by atoms with E-state index in [4.69, 9.17) is 26.4 Å². The molecular weight excluding hydrogens is 370 g/mol. The van der Waals surface area contributed by atoms with Crippen LogP contribution in [0.2, 0.25) is 5.28 Å². The third kappa shape index (κ3) is 3.96. The molecule has 0 spiro atoms. The van der Waals surface area contributed by atoms with Crippen LogP contribution in [0.15, 0.2) is 17.7 Å². The number of nitrogens with zero attached hydrogens (tertiary/aromatic N) is 5. The van der Waals surface area contributed by atoms with E-state index in [-0.39, 0.29) is 5.28 Å². The summed E-state index contributed by atoms with van der Waals surface area (Å²) in [6.45, 7) is 3.81. The number of hydrogen-bond donors (Lipinski definition) is 1. The highest BCUT2D eigenvalue weighted by Crippen LogP contribution is 2.26. The second kappa shape index (κ2) is 7.66. The number of pyridine rings is 1. The number of amides is 1. The van der Waals surface area contributed by atoms with Crippen LogP contribution in [0.25, 0.3) is 17.1 Å². The Morgan fingerprint density at radius 1 is 1.11 bits per heavy atom. The van der Waals surface area contributed by atoms with Crippen LogP contribution in [0, 0.1) is 0 Å². The number of hydrogen-bond acceptors (Lipinski definition) is 6. The Bertz CT molecular complexity index is 888. The van der Waals surface area contributed by atoms with E-state index in [0.717, 1.165) is 43.0 Å². The number of morpholine rings is 1. The molecule has 9 heteroatoms. The van der Waals surface area contributed by atoms with Crippen LogP contribution in [-0.2, 0) is 4.74 Å². The van der Waals surface area contributed by atoms with Crippen LogP contribution >= 0.6 is 11.6 Å². The molecule has 2 aromatic rings. The van der Waals surface area contributed by atoms with Crippen molar-refractivity contribution < 1.29 is 14.6 Å². The second-order valence-corrected chi connectivity index (χ2v) is 6.93. The first-order valence-electron chi connectivity index (χ1n) is 8.94. The molecule has 0 radical (unpaired) electrons. The van der Waals surface area contributed by atoms with Gasteiger partial charge in [0, 0.05) is 26.2 Å². The molecule has 2 fully saturated rings. The molecule has 0 bridgehead atoms. The number of aromatic nitrogens is 3. The molecule has 2 aliphatic rings. The Morgan fingerprint density at radius 3 is 2.56 bits per heavy atom. The van der Waals surface area contributed by atoms with E-state index < -0.39 is 6.09 Å². The minimum Gasteiger partial charge on any atom is -0.465 e. The van der Waals surface area contributed by atoms with E-state index >= 15 is 0 Å². The van der Waals surface area contributed by atoms with Crippen LogP contribution < -0.4 is 4.90 Å². The summed E-state index contributed by atoms with van der Waals surface area (Å²) in [7, 11) is 0. The quantitative estimate of drug-likeness (QED) is 0.789. The molecule has 0 unspecified atom stereocenters. The largest absolute Gasteiger partial charge is 0.465 e. The summed E-state index contributed by atoms with van der Waals surface area (Å²) in [5.74, 6) is 0.731. The third-order valence-electron chi connectivity index (χ3n) is 4.86. The predicted octanol–water partition coefficient (Wildman–Crippen LogP) is 2.67. The average molecular weight is 390 g/mol. The van der Waals surface area contributed by atoms with E-state index in [1.54, 1.807) is 0 Å². The number of carboxylic acid groups (broad SMARTS) is 1. The minimum atomic E-state index is -0.859. The molecule has 2 saturated heterocycles. The van der Waals surface area contributed by atoms with Crippen LogP contribution in [-0.4, -0.2) is 70.4 Å². The van der Waals surface area contributed by atoms with Crippen molar-refractivity contribution >= 4 is 40.6 Å². The molecule has 8 nitrogen and oxygen atoms in total. The lowest BCUT2D eigenvalue weighted by Gasteiger charge is -2.28. The van der Waals surface area contributed by atoms with E-state index in [1.807, 2.05) is 18.2 Å². The van der Waals surface area contributed by atoms with Crippen LogP contribution in [0.1, 0.15) is 18.5 Å². The van der Waals surface area contributed by atoms with Gasteiger partial charge in [0.15, 0.2) is 5.82 Å². The van der Waals surface area contributed by atoms with Gasteiger partial charge in [-0.25, -0.2) is 14.8 Å². The van der Waals surface area contributed by atoms with Gasteiger partial charge in [0.2, 0.25) is 5.28 Å². The monoisotopic (exact) mass is 389 g/mol. The Kier molecular flexibility index (Phi) is 5.09. The standard InChI is InChI=1S/C18H20ClN5O3/c19-17-21-14-2-1-13(11-12-3-5-24(6-4-12)18(25)26)20-15(14)16(22-17)23-7-9-27-10-8-23/h1-2,11H,3-10H2,(H,25,26). The third-order valence-corrected chi connectivity index (χ3v) is 5.03. The van der Waals surface area contributed by atoms with Crippen molar-refractivity contribution in [2.45, 2.75) is 12.8 Å². The topological polar surface area (TPSA) is 91.7 Å². The zero-order valence-electron chi connectivity index (χ0n) is 14.8. The summed E-state index contributed by atoms with van der Waals surface area (Å²) in [5.41, 5.74) is 3.45. The summed E-state index contributed by atoms with van der Waals surface area (Å²) in [5, 5.41) is 9.27. The molecule has 0 aromatic carbocycles. The van der Waals surface area contributed by atoms with E-state index in [1.165, 1.54) is 10.5 Å². The summed E-state index contributed by atoms with van der Waals surface area (Å²) >= 11 is 6.11. The highest BCUT2D eigenvalue weighted by molar-refractivity contribution is 6.28. The fourth-order valence-corrected chi connectivity index (χ4v) is 3.57. The first kappa shape index (κ1) is 17.9. The maximum Gasteiger partial charge on any atom is 0.407 e. The molecule has 0 aliphatic carbocycles. The highest BCUT2D eigenvalue weighted by Gasteiger charge is 2.20. The summed E-state index contributed by atoms with van der Waals surface area (Å²) in [4.78, 5) is 28.1. The Balaban J connectivity index is 1.64. The fourth-order valence-electron chi connectivity index (χ4n) is 3.40. The van der Waals surface area contributed by atoms with Gasteiger partial charge in [-0.1, -0.05) is 5.57 Å². The smallest absolute Gasteiger partial charge is 0.407 e. The number of piperidine rings is 1.